The highest BCUT2D eigenvalue weighted by Crippen LogP contribution is 2.28. The second-order valence-electron chi connectivity index (χ2n) is 3.85. The molecule has 1 aromatic rings. The van der Waals surface area contributed by atoms with Crippen LogP contribution < -0.4 is 10.2 Å². The van der Waals surface area contributed by atoms with Crippen molar-refractivity contribution in [2.45, 2.75) is 20.0 Å². The monoisotopic (exact) mass is 275 g/mol. The highest BCUT2D eigenvalue weighted by atomic mass is 19.4. The normalized spacial score (nSPS) is 11.2. The van der Waals surface area contributed by atoms with Crippen LogP contribution in [-0.2, 0) is 11.0 Å². The fraction of sp³-hybridized carbons (Fsp3) is 0.500. The van der Waals surface area contributed by atoms with Gasteiger partial charge in [-0.1, -0.05) is 6.07 Å². The summed E-state index contributed by atoms with van der Waals surface area (Å²) in [6.45, 7) is 4.38. The number of amides is 1. The van der Waals surface area contributed by atoms with Gasteiger partial charge in [0.05, 0.1) is 6.54 Å². The summed E-state index contributed by atoms with van der Waals surface area (Å²) in [5.41, 5.74) is -0.959. The summed E-state index contributed by atoms with van der Waals surface area (Å²) in [5, 5.41) is 2.59. The minimum absolute atomic E-state index is 0.0152. The lowest BCUT2D eigenvalue weighted by molar-refractivity contribution is -0.141. The Bertz CT molecular complexity index is 434. The van der Waals surface area contributed by atoms with Crippen LogP contribution in [-0.4, -0.2) is 30.5 Å². The van der Waals surface area contributed by atoms with E-state index in [1.165, 1.54) is 17.0 Å². The van der Waals surface area contributed by atoms with Crippen LogP contribution in [0, 0.1) is 0 Å². The zero-order valence-corrected chi connectivity index (χ0v) is 10.8. The second kappa shape index (κ2) is 6.40. The lowest BCUT2D eigenvalue weighted by atomic mass is 10.3. The molecule has 0 unspecified atom stereocenters. The Morgan fingerprint density at radius 2 is 2.05 bits per heavy atom. The van der Waals surface area contributed by atoms with Crippen molar-refractivity contribution in [1.29, 1.82) is 0 Å². The summed E-state index contributed by atoms with van der Waals surface area (Å²) in [5.74, 6) is -0.105. The number of nitrogens with zero attached hydrogens (tertiary/aromatic N) is 2. The first-order chi connectivity index (χ1) is 8.88. The molecule has 1 amide bonds. The van der Waals surface area contributed by atoms with Gasteiger partial charge in [-0.05, 0) is 26.0 Å². The smallest absolute Gasteiger partial charge is 0.355 e. The van der Waals surface area contributed by atoms with Gasteiger partial charge in [-0.25, -0.2) is 4.98 Å². The molecule has 0 saturated carbocycles. The van der Waals surface area contributed by atoms with E-state index in [0.717, 1.165) is 6.07 Å². The minimum atomic E-state index is -4.49. The number of pyridine rings is 1. The molecule has 0 radical (unpaired) electrons. The molecule has 0 spiro atoms. The van der Waals surface area contributed by atoms with Crippen molar-refractivity contribution in [1.82, 2.24) is 10.3 Å². The topological polar surface area (TPSA) is 45.2 Å². The standard InChI is InChI=1S/C12H16F3N3O/c1-3-16-11(19)8-18(4-2)10-7-5-6-9(17-10)12(13,14)15/h5-7H,3-4,8H2,1-2H3,(H,16,19). The lowest BCUT2D eigenvalue weighted by Gasteiger charge is -2.22. The van der Waals surface area contributed by atoms with E-state index >= 15 is 0 Å². The summed E-state index contributed by atoms with van der Waals surface area (Å²) in [4.78, 5) is 16.5. The number of anilines is 1. The Labute approximate surface area is 109 Å². The van der Waals surface area contributed by atoms with Crippen molar-refractivity contribution in [3.8, 4) is 0 Å². The van der Waals surface area contributed by atoms with Gasteiger partial charge in [-0.3, -0.25) is 4.79 Å². The van der Waals surface area contributed by atoms with Crippen LogP contribution in [0.15, 0.2) is 18.2 Å². The van der Waals surface area contributed by atoms with Crippen LogP contribution in [0.5, 0.6) is 0 Å². The molecule has 0 saturated heterocycles. The Morgan fingerprint density at radius 1 is 1.37 bits per heavy atom. The van der Waals surface area contributed by atoms with Crippen LogP contribution in [0.2, 0.25) is 0 Å². The first kappa shape index (κ1) is 15.3. The van der Waals surface area contributed by atoms with Crippen LogP contribution in [0.1, 0.15) is 19.5 Å². The fourth-order valence-electron chi connectivity index (χ4n) is 1.54. The highest BCUT2D eigenvalue weighted by molar-refractivity contribution is 5.80. The van der Waals surface area contributed by atoms with E-state index in [1.54, 1.807) is 13.8 Å². The van der Waals surface area contributed by atoms with Gasteiger partial charge in [0.2, 0.25) is 5.91 Å². The molecule has 1 aromatic heterocycles. The number of rotatable bonds is 5. The van der Waals surface area contributed by atoms with Crippen molar-refractivity contribution in [3.05, 3.63) is 23.9 Å². The van der Waals surface area contributed by atoms with Crippen LogP contribution >= 0.6 is 0 Å². The highest BCUT2D eigenvalue weighted by Gasteiger charge is 2.32. The Balaban J connectivity index is 2.90. The molecule has 7 heteroatoms. The SMILES string of the molecule is CCNC(=O)CN(CC)c1cccc(C(F)(F)F)n1. The fourth-order valence-corrected chi connectivity index (χ4v) is 1.54. The average molecular weight is 275 g/mol. The van der Waals surface area contributed by atoms with Gasteiger partial charge in [0.15, 0.2) is 0 Å². The molecule has 0 atom stereocenters. The minimum Gasteiger partial charge on any atom is -0.355 e. The molecule has 0 bridgehead atoms. The van der Waals surface area contributed by atoms with Crippen LogP contribution in [0.25, 0.3) is 0 Å². The third kappa shape index (κ3) is 4.42. The molecule has 4 nitrogen and oxygen atoms in total. The number of alkyl halides is 3. The summed E-state index contributed by atoms with van der Waals surface area (Å²) in [6.07, 6.45) is -4.49. The van der Waals surface area contributed by atoms with E-state index in [-0.39, 0.29) is 18.3 Å². The second-order valence-corrected chi connectivity index (χ2v) is 3.85. The van der Waals surface area contributed by atoms with Crippen molar-refractivity contribution >= 4 is 11.7 Å². The summed E-state index contributed by atoms with van der Waals surface area (Å²) < 4.78 is 37.7. The van der Waals surface area contributed by atoms with E-state index in [9.17, 15) is 18.0 Å². The predicted molar refractivity (Wildman–Crippen MR) is 65.8 cm³/mol. The van der Waals surface area contributed by atoms with Gasteiger partial charge in [0, 0.05) is 13.1 Å². The Kier molecular flexibility index (Phi) is 5.14. The largest absolute Gasteiger partial charge is 0.433 e. The molecular formula is C12H16F3N3O. The lowest BCUT2D eigenvalue weighted by Crippen LogP contribution is -2.37. The van der Waals surface area contributed by atoms with Crippen LogP contribution in [0.4, 0.5) is 19.0 Å². The summed E-state index contributed by atoms with van der Waals surface area (Å²) in [7, 11) is 0. The maximum atomic E-state index is 12.6. The van der Waals surface area contributed by atoms with Gasteiger partial charge in [-0.2, -0.15) is 13.2 Å². The van der Waals surface area contributed by atoms with Crippen molar-refractivity contribution in [3.63, 3.8) is 0 Å². The Hall–Kier alpha value is -1.79. The molecule has 0 fully saturated rings. The molecule has 1 heterocycles. The molecule has 1 N–H and O–H groups in total. The first-order valence-electron chi connectivity index (χ1n) is 5.94. The van der Waals surface area contributed by atoms with Gasteiger partial charge in [0.1, 0.15) is 11.5 Å². The predicted octanol–water partition coefficient (Wildman–Crippen LogP) is 2.06. The van der Waals surface area contributed by atoms with Gasteiger partial charge < -0.3 is 10.2 Å². The van der Waals surface area contributed by atoms with Crippen molar-refractivity contribution in [2.24, 2.45) is 0 Å². The van der Waals surface area contributed by atoms with E-state index < -0.39 is 11.9 Å². The molecule has 1 rings (SSSR count). The maximum Gasteiger partial charge on any atom is 0.433 e. The molecule has 0 aliphatic carbocycles. The van der Waals surface area contributed by atoms with E-state index in [1.807, 2.05) is 0 Å². The molecule has 106 valence electrons. The van der Waals surface area contributed by atoms with E-state index in [4.69, 9.17) is 0 Å². The third-order valence-corrected chi connectivity index (χ3v) is 2.44. The zero-order chi connectivity index (χ0) is 14.5. The van der Waals surface area contributed by atoms with E-state index in [2.05, 4.69) is 10.3 Å². The first-order valence-corrected chi connectivity index (χ1v) is 5.94. The van der Waals surface area contributed by atoms with Gasteiger partial charge >= 0.3 is 6.18 Å². The molecule has 19 heavy (non-hydrogen) atoms. The number of likely N-dealkylation sites (N-methyl/N-ethyl adjacent to an activating group) is 2. The molecule has 0 aliphatic rings. The summed E-state index contributed by atoms with van der Waals surface area (Å²) in [6, 6.07) is 3.65. The number of nitrogens with one attached hydrogen (secondary N) is 1. The van der Waals surface area contributed by atoms with E-state index in [0.29, 0.717) is 13.1 Å². The zero-order valence-electron chi connectivity index (χ0n) is 10.8. The quantitative estimate of drug-likeness (QED) is 0.894. The van der Waals surface area contributed by atoms with Gasteiger partial charge in [0.25, 0.3) is 0 Å². The molecule has 0 aliphatic heterocycles. The number of aromatic nitrogens is 1. The van der Waals surface area contributed by atoms with Gasteiger partial charge in [-0.15, -0.1) is 0 Å². The number of carbonyl (C=O) groups is 1. The average Bonchev–Trinajstić information content (AvgIpc) is 2.35. The molecular weight excluding hydrogens is 259 g/mol. The maximum absolute atomic E-state index is 12.6. The number of hydrogen-bond acceptors (Lipinski definition) is 3. The summed E-state index contributed by atoms with van der Waals surface area (Å²) >= 11 is 0. The van der Waals surface area contributed by atoms with Crippen molar-refractivity contribution in [2.75, 3.05) is 24.5 Å². The number of halogens is 3. The van der Waals surface area contributed by atoms with Crippen LogP contribution in [0.3, 0.4) is 0 Å². The molecule has 0 aromatic carbocycles. The number of hydrogen-bond donors (Lipinski definition) is 1. The number of carbonyl (C=O) groups excluding carboxylic acids is 1. The third-order valence-electron chi connectivity index (χ3n) is 2.44. The Morgan fingerprint density at radius 3 is 2.58 bits per heavy atom. The van der Waals surface area contributed by atoms with Crippen molar-refractivity contribution < 1.29 is 18.0 Å².